The lowest BCUT2D eigenvalue weighted by Gasteiger charge is -2.31. The van der Waals surface area contributed by atoms with E-state index in [2.05, 4.69) is 5.32 Å². The molecule has 0 saturated heterocycles. The number of hydrogen-bond acceptors (Lipinski definition) is 2. The third-order valence-corrected chi connectivity index (χ3v) is 2.39. The van der Waals surface area contributed by atoms with Crippen molar-refractivity contribution in [3.8, 4) is 0 Å². The van der Waals surface area contributed by atoms with Crippen LogP contribution in [-0.2, 0) is 5.54 Å². The van der Waals surface area contributed by atoms with Crippen LogP contribution in [0.15, 0.2) is 24.3 Å². The van der Waals surface area contributed by atoms with Crippen LogP contribution in [0, 0.1) is 5.82 Å². The third-order valence-electron chi connectivity index (χ3n) is 2.39. The molecular weight excluding hydrogens is 193 g/mol. The van der Waals surface area contributed by atoms with Gasteiger partial charge in [0, 0.05) is 6.04 Å². The first-order chi connectivity index (χ1) is 6.98. The molecule has 2 N–H and O–H groups in total. The van der Waals surface area contributed by atoms with E-state index in [-0.39, 0.29) is 18.5 Å². The van der Waals surface area contributed by atoms with Gasteiger partial charge in [0.05, 0.1) is 12.1 Å². The molecule has 0 aromatic heterocycles. The zero-order valence-corrected chi connectivity index (χ0v) is 9.42. The van der Waals surface area contributed by atoms with E-state index in [4.69, 9.17) is 0 Å². The summed E-state index contributed by atoms with van der Waals surface area (Å²) in [5.41, 5.74) is 0.176. The quantitative estimate of drug-likeness (QED) is 0.798. The molecule has 1 atom stereocenters. The minimum absolute atomic E-state index is 0.0609. The van der Waals surface area contributed by atoms with Gasteiger partial charge in [0.2, 0.25) is 0 Å². The number of benzene rings is 1. The molecule has 0 radical (unpaired) electrons. The summed E-state index contributed by atoms with van der Waals surface area (Å²) in [5, 5.41) is 12.6. The maximum atomic E-state index is 13.1. The Bertz CT molecular complexity index is 327. The molecule has 0 heterocycles. The molecule has 0 aliphatic rings. The molecule has 2 nitrogen and oxygen atoms in total. The third kappa shape index (κ3) is 3.01. The minimum Gasteiger partial charge on any atom is -0.394 e. The standard InChI is InChI=1S/C12H18FNO/c1-9(2)14-12(3,8-15)10-5-4-6-11(13)7-10/h4-7,9,14-15H,8H2,1-3H3. The van der Waals surface area contributed by atoms with Crippen molar-refractivity contribution >= 4 is 0 Å². The molecule has 0 bridgehead atoms. The van der Waals surface area contributed by atoms with Gasteiger partial charge in [0.15, 0.2) is 0 Å². The fraction of sp³-hybridized carbons (Fsp3) is 0.500. The first kappa shape index (κ1) is 12.1. The van der Waals surface area contributed by atoms with Gasteiger partial charge >= 0.3 is 0 Å². The highest BCUT2D eigenvalue weighted by Crippen LogP contribution is 2.21. The number of aliphatic hydroxyl groups is 1. The van der Waals surface area contributed by atoms with Crippen LogP contribution in [0.2, 0.25) is 0 Å². The largest absolute Gasteiger partial charge is 0.394 e. The average Bonchev–Trinajstić information content (AvgIpc) is 2.16. The summed E-state index contributed by atoms with van der Waals surface area (Å²) in [7, 11) is 0. The van der Waals surface area contributed by atoms with Gasteiger partial charge in [-0.3, -0.25) is 0 Å². The van der Waals surface area contributed by atoms with E-state index in [1.807, 2.05) is 26.8 Å². The normalized spacial score (nSPS) is 15.3. The van der Waals surface area contributed by atoms with Gasteiger partial charge in [-0.25, -0.2) is 4.39 Å². The van der Waals surface area contributed by atoms with Crippen molar-refractivity contribution in [1.29, 1.82) is 0 Å². The molecule has 0 saturated carbocycles. The smallest absolute Gasteiger partial charge is 0.123 e. The second-order valence-electron chi connectivity index (χ2n) is 4.30. The number of hydrogen-bond donors (Lipinski definition) is 2. The molecule has 1 unspecified atom stereocenters. The van der Waals surface area contributed by atoms with Crippen LogP contribution >= 0.6 is 0 Å². The van der Waals surface area contributed by atoms with Crippen LogP contribution in [0.3, 0.4) is 0 Å². The van der Waals surface area contributed by atoms with Crippen molar-refractivity contribution < 1.29 is 9.50 Å². The van der Waals surface area contributed by atoms with Crippen LogP contribution in [0.25, 0.3) is 0 Å². The van der Waals surface area contributed by atoms with Crippen molar-refractivity contribution in [3.63, 3.8) is 0 Å². The summed E-state index contributed by atoms with van der Waals surface area (Å²) in [6.45, 7) is 5.79. The highest BCUT2D eigenvalue weighted by atomic mass is 19.1. The molecule has 1 rings (SSSR count). The lowest BCUT2D eigenvalue weighted by atomic mass is 9.92. The summed E-state index contributed by atoms with van der Waals surface area (Å²) in [6.07, 6.45) is 0. The molecule has 0 aliphatic carbocycles. The summed E-state index contributed by atoms with van der Waals surface area (Å²) >= 11 is 0. The van der Waals surface area contributed by atoms with Crippen LogP contribution in [0.1, 0.15) is 26.3 Å². The molecule has 1 aromatic rings. The van der Waals surface area contributed by atoms with Gasteiger partial charge in [-0.05, 0) is 38.5 Å². The van der Waals surface area contributed by atoms with E-state index in [9.17, 15) is 9.50 Å². The molecule has 84 valence electrons. The van der Waals surface area contributed by atoms with Gasteiger partial charge in [-0.15, -0.1) is 0 Å². The van der Waals surface area contributed by atoms with Crippen molar-refractivity contribution in [2.45, 2.75) is 32.4 Å². The van der Waals surface area contributed by atoms with Crippen molar-refractivity contribution in [1.82, 2.24) is 5.32 Å². The SMILES string of the molecule is CC(C)NC(C)(CO)c1cccc(F)c1. The van der Waals surface area contributed by atoms with Gasteiger partial charge in [0.25, 0.3) is 0 Å². The fourth-order valence-corrected chi connectivity index (χ4v) is 1.69. The Hall–Kier alpha value is -0.930. The van der Waals surface area contributed by atoms with Gasteiger partial charge < -0.3 is 10.4 Å². The highest BCUT2D eigenvalue weighted by Gasteiger charge is 2.26. The van der Waals surface area contributed by atoms with Crippen LogP contribution in [0.4, 0.5) is 4.39 Å². The Kier molecular flexibility index (Phi) is 3.83. The monoisotopic (exact) mass is 211 g/mol. The number of nitrogens with one attached hydrogen (secondary N) is 1. The van der Waals surface area contributed by atoms with Gasteiger partial charge in [-0.1, -0.05) is 12.1 Å². The predicted molar refractivity (Wildman–Crippen MR) is 59.1 cm³/mol. The number of rotatable bonds is 4. The molecule has 0 amide bonds. The Labute approximate surface area is 90.1 Å². The molecule has 15 heavy (non-hydrogen) atoms. The lowest BCUT2D eigenvalue weighted by molar-refractivity contribution is 0.165. The van der Waals surface area contributed by atoms with E-state index in [0.29, 0.717) is 0 Å². The van der Waals surface area contributed by atoms with Crippen LogP contribution in [-0.4, -0.2) is 17.8 Å². The molecule has 0 aliphatic heterocycles. The van der Waals surface area contributed by atoms with E-state index in [0.717, 1.165) is 5.56 Å². The van der Waals surface area contributed by atoms with Gasteiger partial charge in [0.1, 0.15) is 5.82 Å². The molecule has 3 heteroatoms. The Balaban J connectivity index is 3.00. The maximum absolute atomic E-state index is 13.1. The number of aliphatic hydroxyl groups excluding tert-OH is 1. The van der Waals surface area contributed by atoms with E-state index in [1.54, 1.807) is 6.07 Å². The summed E-state index contributed by atoms with van der Waals surface area (Å²) in [6, 6.07) is 6.54. The van der Waals surface area contributed by atoms with Crippen molar-refractivity contribution in [3.05, 3.63) is 35.6 Å². The molecular formula is C12H18FNO. The van der Waals surface area contributed by atoms with Crippen molar-refractivity contribution in [2.24, 2.45) is 0 Å². The molecule has 0 spiro atoms. The van der Waals surface area contributed by atoms with E-state index >= 15 is 0 Å². The zero-order chi connectivity index (χ0) is 11.5. The lowest BCUT2D eigenvalue weighted by Crippen LogP contribution is -2.46. The minimum atomic E-state index is -0.587. The average molecular weight is 211 g/mol. The summed E-state index contributed by atoms with van der Waals surface area (Å²) in [5.74, 6) is -0.280. The van der Waals surface area contributed by atoms with E-state index in [1.165, 1.54) is 12.1 Å². The van der Waals surface area contributed by atoms with E-state index < -0.39 is 5.54 Å². The number of halogens is 1. The van der Waals surface area contributed by atoms with Crippen LogP contribution < -0.4 is 5.32 Å². The Morgan fingerprint density at radius 1 is 1.47 bits per heavy atom. The first-order valence-corrected chi connectivity index (χ1v) is 5.12. The topological polar surface area (TPSA) is 32.3 Å². The fourth-order valence-electron chi connectivity index (χ4n) is 1.69. The Morgan fingerprint density at radius 3 is 2.60 bits per heavy atom. The highest BCUT2D eigenvalue weighted by molar-refractivity contribution is 5.24. The van der Waals surface area contributed by atoms with Crippen LogP contribution in [0.5, 0.6) is 0 Å². The first-order valence-electron chi connectivity index (χ1n) is 5.12. The zero-order valence-electron chi connectivity index (χ0n) is 9.42. The second-order valence-corrected chi connectivity index (χ2v) is 4.30. The summed E-state index contributed by atoms with van der Waals surface area (Å²) < 4.78 is 13.1. The second kappa shape index (κ2) is 4.73. The maximum Gasteiger partial charge on any atom is 0.123 e. The van der Waals surface area contributed by atoms with Crippen molar-refractivity contribution in [2.75, 3.05) is 6.61 Å². The molecule has 1 aromatic carbocycles. The Morgan fingerprint density at radius 2 is 2.13 bits per heavy atom. The van der Waals surface area contributed by atoms with Gasteiger partial charge in [-0.2, -0.15) is 0 Å². The predicted octanol–water partition coefficient (Wildman–Crippen LogP) is 2.03. The summed E-state index contributed by atoms with van der Waals surface area (Å²) in [4.78, 5) is 0. The molecule has 0 fully saturated rings.